The van der Waals surface area contributed by atoms with Crippen molar-refractivity contribution < 1.29 is 0 Å². The van der Waals surface area contributed by atoms with Crippen LogP contribution in [0.5, 0.6) is 0 Å². The standard InChI is InChI=1S/C45H25N5/c1-48-34-18-21-38-36-6-2-5-9-42(36)50(45(38)26-34)43-22-10-29(27-46)24-39(43)33-14-12-31(13-15-33)32-16-19-35(20-17-32)49-41-8-4-3-7-37(41)40-25-30(28-47)11-23-44(40)49/h2-26H. The van der Waals surface area contributed by atoms with E-state index in [1.165, 1.54) is 0 Å². The molecule has 230 valence electrons. The molecule has 0 bridgehead atoms. The first-order valence-electron chi connectivity index (χ1n) is 16.2. The van der Waals surface area contributed by atoms with Gasteiger partial charge in [-0.3, -0.25) is 0 Å². The second kappa shape index (κ2) is 11.4. The molecule has 0 amide bonds. The van der Waals surface area contributed by atoms with Crippen molar-refractivity contribution in [3.63, 3.8) is 0 Å². The van der Waals surface area contributed by atoms with Crippen LogP contribution in [0.25, 0.3) is 82.1 Å². The van der Waals surface area contributed by atoms with Gasteiger partial charge < -0.3 is 9.13 Å². The minimum atomic E-state index is 0.582. The number of nitriles is 2. The molecule has 0 saturated heterocycles. The lowest BCUT2D eigenvalue weighted by molar-refractivity contribution is 1.18. The zero-order valence-electron chi connectivity index (χ0n) is 26.7. The van der Waals surface area contributed by atoms with Crippen LogP contribution in [0, 0.1) is 29.2 Å². The van der Waals surface area contributed by atoms with Crippen LogP contribution in [0.3, 0.4) is 0 Å². The SMILES string of the molecule is [C-]#[N+]c1ccc2c3ccccc3n(-c3ccc(C#N)cc3-c3ccc(-c4ccc(-n5c6ccccc6c6cc(C#N)ccc65)cc4)cc3)c2c1. The van der Waals surface area contributed by atoms with Gasteiger partial charge in [0.25, 0.3) is 0 Å². The summed E-state index contributed by atoms with van der Waals surface area (Å²) in [6.07, 6.45) is 0. The summed E-state index contributed by atoms with van der Waals surface area (Å²) in [5, 5.41) is 23.7. The van der Waals surface area contributed by atoms with E-state index in [2.05, 4.69) is 98.9 Å². The third-order valence-electron chi connectivity index (χ3n) is 9.61. The summed E-state index contributed by atoms with van der Waals surface area (Å²) in [5.74, 6) is 0. The Morgan fingerprint density at radius 3 is 1.72 bits per heavy atom. The maximum Gasteiger partial charge on any atom is 0.189 e. The molecule has 0 aliphatic rings. The second-order valence-corrected chi connectivity index (χ2v) is 12.3. The third-order valence-corrected chi connectivity index (χ3v) is 9.61. The molecule has 9 rings (SSSR count). The Labute approximate surface area is 288 Å². The fraction of sp³-hybridized carbons (Fsp3) is 0. The second-order valence-electron chi connectivity index (χ2n) is 12.3. The van der Waals surface area contributed by atoms with Gasteiger partial charge in [-0.15, -0.1) is 0 Å². The first-order valence-corrected chi connectivity index (χ1v) is 16.2. The van der Waals surface area contributed by atoms with E-state index in [0.29, 0.717) is 16.8 Å². The van der Waals surface area contributed by atoms with Gasteiger partial charge in [0.2, 0.25) is 0 Å². The summed E-state index contributed by atoms with van der Waals surface area (Å²) < 4.78 is 4.45. The molecule has 0 radical (unpaired) electrons. The van der Waals surface area contributed by atoms with E-state index < -0.39 is 0 Å². The number of hydrogen-bond acceptors (Lipinski definition) is 2. The molecule has 7 aromatic carbocycles. The molecule has 0 unspecified atom stereocenters. The summed E-state index contributed by atoms with van der Waals surface area (Å²) in [4.78, 5) is 3.71. The molecule has 0 aliphatic carbocycles. The molecule has 0 saturated carbocycles. The number of benzene rings is 7. The summed E-state index contributed by atoms with van der Waals surface area (Å²) in [6.45, 7) is 7.64. The van der Waals surface area contributed by atoms with Crippen LogP contribution in [-0.2, 0) is 0 Å². The maximum absolute atomic E-state index is 9.86. The molecule has 2 aromatic heterocycles. The summed E-state index contributed by atoms with van der Waals surface area (Å²) >= 11 is 0. The van der Waals surface area contributed by atoms with Crippen LogP contribution in [-0.4, -0.2) is 9.13 Å². The molecule has 50 heavy (non-hydrogen) atoms. The fourth-order valence-corrected chi connectivity index (χ4v) is 7.29. The number of hydrogen-bond donors (Lipinski definition) is 0. The van der Waals surface area contributed by atoms with Gasteiger partial charge in [-0.25, -0.2) is 4.85 Å². The Bertz CT molecular complexity index is 2940. The van der Waals surface area contributed by atoms with Crippen molar-refractivity contribution >= 4 is 49.3 Å². The van der Waals surface area contributed by atoms with Gasteiger partial charge in [0.1, 0.15) is 0 Å². The lowest BCUT2D eigenvalue weighted by Gasteiger charge is -2.15. The third kappa shape index (κ3) is 4.45. The number of fused-ring (bicyclic) bond motifs is 6. The van der Waals surface area contributed by atoms with Crippen LogP contribution >= 0.6 is 0 Å². The van der Waals surface area contributed by atoms with Gasteiger partial charge in [0.15, 0.2) is 5.69 Å². The van der Waals surface area contributed by atoms with Crippen LogP contribution in [0.15, 0.2) is 152 Å². The van der Waals surface area contributed by atoms with Crippen molar-refractivity contribution in [1.82, 2.24) is 9.13 Å². The fourth-order valence-electron chi connectivity index (χ4n) is 7.29. The molecule has 0 atom stereocenters. The molecule has 5 heteroatoms. The van der Waals surface area contributed by atoms with Crippen LogP contribution in [0.4, 0.5) is 5.69 Å². The summed E-state index contributed by atoms with van der Waals surface area (Å²) in [5.41, 5.74) is 12.1. The van der Waals surface area contributed by atoms with E-state index in [-0.39, 0.29) is 0 Å². The summed E-state index contributed by atoms with van der Waals surface area (Å²) in [6, 6.07) is 55.7. The highest BCUT2D eigenvalue weighted by atomic mass is 15.0. The molecule has 2 heterocycles. The smallest absolute Gasteiger partial charge is 0.189 e. The lowest BCUT2D eigenvalue weighted by atomic mass is 9.97. The Morgan fingerprint density at radius 2 is 1.02 bits per heavy atom. The predicted octanol–water partition coefficient (Wildman–Crippen LogP) is 11.5. The molecule has 0 N–H and O–H groups in total. The summed E-state index contributed by atoms with van der Waals surface area (Å²) in [7, 11) is 0. The largest absolute Gasteiger partial charge is 0.310 e. The quantitative estimate of drug-likeness (QED) is 0.181. The predicted molar refractivity (Wildman–Crippen MR) is 202 cm³/mol. The number of aromatic nitrogens is 2. The normalized spacial score (nSPS) is 11.1. The van der Waals surface area contributed by atoms with E-state index >= 15 is 0 Å². The Balaban J connectivity index is 1.13. The van der Waals surface area contributed by atoms with E-state index in [0.717, 1.165) is 77.2 Å². The van der Waals surface area contributed by atoms with Gasteiger partial charge in [-0.2, -0.15) is 10.5 Å². The molecule has 0 spiro atoms. The number of nitrogens with zero attached hydrogens (tertiary/aromatic N) is 5. The molecular formula is C45H25N5. The highest BCUT2D eigenvalue weighted by Gasteiger charge is 2.17. The minimum Gasteiger partial charge on any atom is -0.310 e. The van der Waals surface area contributed by atoms with Crippen molar-refractivity contribution in [3.05, 3.63) is 174 Å². The zero-order chi connectivity index (χ0) is 33.8. The monoisotopic (exact) mass is 635 g/mol. The number of para-hydroxylation sites is 2. The van der Waals surface area contributed by atoms with E-state index in [9.17, 15) is 10.5 Å². The van der Waals surface area contributed by atoms with Gasteiger partial charge in [0.05, 0.1) is 52.1 Å². The average molecular weight is 636 g/mol. The first kappa shape index (κ1) is 28.8. The van der Waals surface area contributed by atoms with Crippen molar-refractivity contribution in [3.8, 4) is 45.8 Å². The maximum atomic E-state index is 9.86. The van der Waals surface area contributed by atoms with Gasteiger partial charge >= 0.3 is 0 Å². The van der Waals surface area contributed by atoms with Crippen LogP contribution < -0.4 is 0 Å². The molecule has 5 nitrogen and oxygen atoms in total. The molecule has 9 aromatic rings. The average Bonchev–Trinajstić information content (AvgIpc) is 3.69. The Morgan fingerprint density at radius 1 is 0.460 bits per heavy atom. The first-order chi connectivity index (χ1) is 24.6. The van der Waals surface area contributed by atoms with Crippen molar-refractivity contribution in [2.45, 2.75) is 0 Å². The molecule has 0 aliphatic heterocycles. The topological polar surface area (TPSA) is 61.8 Å². The minimum absolute atomic E-state index is 0.582. The van der Waals surface area contributed by atoms with Crippen molar-refractivity contribution in [1.29, 1.82) is 10.5 Å². The van der Waals surface area contributed by atoms with E-state index in [1.54, 1.807) is 0 Å². The molecule has 0 fully saturated rings. The van der Waals surface area contributed by atoms with Gasteiger partial charge in [-0.05, 0) is 83.4 Å². The van der Waals surface area contributed by atoms with Crippen LogP contribution in [0.1, 0.15) is 11.1 Å². The zero-order valence-corrected chi connectivity index (χ0v) is 26.7. The Kier molecular flexibility index (Phi) is 6.56. The lowest BCUT2D eigenvalue weighted by Crippen LogP contribution is -1.98. The van der Waals surface area contributed by atoms with E-state index in [4.69, 9.17) is 6.57 Å². The van der Waals surface area contributed by atoms with Crippen molar-refractivity contribution in [2.75, 3.05) is 0 Å². The van der Waals surface area contributed by atoms with E-state index in [1.807, 2.05) is 78.9 Å². The van der Waals surface area contributed by atoms with Crippen molar-refractivity contribution in [2.24, 2.45) is 0 Å². The van der Waals surface area contributed by atoms with Crippen LogP contribution in [0.2, 0.25) is 0 Å². The number of rotatable bonds is 4. The highest BCUT2D eigenvalue weighted by Crippen LogP contribution is 2.39. The Hall–Kier alpha value is -7.39. The van der Waals surface area contributed by atoms with Gasteiger partial charge in [-0.1, -0.05) is 84.9 Å². The molecular weight excluding hydrogens is 611 g/mol. The highest BCUT2D eigenvalue weighted by molar-refractivity contribution is 6.11. The van der Waals surface area contributed by atoms with Gasteiger partial charge in [0, 0.05) is 38.3 Å².